The molecule has 41 heavy (non-hydrogen) atoms. The van der Waals surface area contributed by atoms with Gasteiger partial charge in [0.2, 0.25) is 0 Å². The molecule has 1 fully saturated rings. The van der Waals surface area contributed by atoms with Crippen molar-refractivity contribution < 1.29 is 32.2 Å². The molecule has 1 aromatic heterocycles. The minimum absolute atomic E-state index is 0.0168. The second-order valence-electron chi connectivity index (χ2n) is 11.8. The van der Waals surface area contributed by atoms with E-state index < -0.39 is 11.8 Å². The van der Waals surface area contributed by atoms with Gasteiger partial charge in [0.25, 0.3) is 0 Å². The molecule has 0 spiro atoms. The summed E-state index contributed by atoms with van der Waals surface area (Å²) in [4.78, 5) is 12.1. The van der Waals surface area contributed by atoms with Gasteiger partial charge in [-0.15, -0.1) is 13.2 Å². The fourth-order valence-electron chi connectivity index (χ4n) is 5.67. The Morgan fingerprint density at radius 1 is 1.02 bits per heavy atom. The van der Waals surface area contributed by atoms with Crippen molar-refractivity contribution in [2.45, 2.75) is 110 Å². The molecule has 1 aliphatic rings. The molecule has 0 bridgehead atoms. The van der Waals surface area contributed by atoms with Gasteiger partial charge in [-0.1, -0.05) is 84.2 Å². The average molecular weight is 595 g/mol. The fourth-order valence-corrected chi connectivity index (χ4v) is 5.92. The van der Waals surface area contributed by atoms with Gasteiger partial charge in [-0.3, -0.25) is 4.79 Å². The van der Waals surface area contributed by atoms with Gasteiger partial charge in [-0.25, -0.2) is 0 Å². The number of hydrogen-bond acceptors (Lipinski definition) is 5. The highest BCUT2D eigenvalue weighted by Crippen LogP contribution is 2.44. The summed E-state index contributed by atoms with van der Waals surface area (Å²) in [6.45, 7) is 6.78. The lowest BCUT2D eigenvalue weighted by molar-refractivity contribution is -0.275. The first-order valence-corrected chi connectivity index (χ1v) is 15.4. The maximum atomic E-state index is 13.3. The Labute approximate surface area is 248 Å². The zero-order valence-electron chi connectivity index (χ0n) is 24.9. The molecular weight excluding hydrogens is 550 g/mol. The number of carbonyl (C=O) groups is 1. The van der Waals surface area contributed by atoms with Crippen molar-refractivity contribution in [3.8, 4) is 11.5 Å². The molecule has 1 saturated carbocycles. The normalized spacial score (nSPS) is 14.7. The second-order valence-corrected chi connectivity index (χ2v) is 12.2. The van der Waals surface area contributed by atoms with Gasteiger partial charge >= 0.3 is 12.3 Å². The molecule has 0 N–H and O–H groups in total. The molecule has 0 saturated heterocycles. The Kier molecular flexibility index (Phi) is 12.4. The van der Waals surface area contributed by atoms with Crippen LogP contribution in [-0.2, 0) is 16.6 Å². The van der Waals surface area contributed by atoms with Gasteiger partial charge in [0, 0.05) is 24.1 Å². The molecular formula is C31H44BF3NO4S. The average Bonchev–Trinajstić information content (AvgIpc) is 2.92. The highest BCUT2D eigenvalue weighted by molar-refractivity contribution is 7.71. The lowest BCUT2D eigenvalue weighted by Crippen LogP contribution is -2.27. The van der Waals surface area contributed by atoms with Crippen molar-refractivity contribution in [1.29, 1.82) is 0 Å². The number of fused-ring (bicyclic) bond motifs is 1. The Bertz CT molecular complexity index is 1210. The van der Waals surface area contributed by atoms with Crippen LogP contribution < -0.4 is 9.47 Å². The molecule has 1 heterocycles. The molecule has 5 nitrogen and oxygen atoms in total. The number of aromatic nitrogens is 1. The largest absolute Gasteiger partial charge is 0.573 e. The van der Waals surface area contributed by atoms with Gasteiger partial charge < -0.3 is 18.8 Å². The maximum Gasteiger partial charge on any atom is 0.573 e. The van der Waals surface area contributed by atoms with E-state index in [0.29, 0.717) is 30.8 Å². The number of rotatable bonds is 15. The van der Waals surface area contributed by atoms with Crippen molar-refractivity contribution in [1.82, 2.24) is 4.57 Å². The SMILES string of the molecule is C[B]CC(C)(C)C(=O)OCCCCCCCCOc1ccc2c(C3CCCCC3)c(OC(F)(F)F)c(=S)n(C)c2c1. The van der Waals surface area contributed by atoms with Crippen LogP contribution >= 0.6 is 12.2 Å². The van der Waals surface area contributed by atoms with Crippen LogP contribution in [0.15, 0.2) is 18.2 Å². The number of hydrogen-bond donors (Lipinski definition) is 0. The minimum atomic E-state index is -4.81. The lowest BCUT2D eigenvalue weighted by Gasteiger charge is -2.27. The smallest absolute Gasteiger partial charge is 0.494 e. The van der Waals surface area contributed by atoms with Crippen LogP contribution in [0.3, 0.4) is 0 Å². The van der Waals surface area contributed by atoms with Gasteiger partial charge in [-0.05, 0) is 43.7 Å². The van der Waals surface area contributed by atoms with Crippen molar-refractivity contribution in [2.24, 2.45) is 12.5 Å². The predicted octanol–water partition coefficient (Wildman–Crippen LogP) is 9.31. The number of benzene rings is 1. The number of halogens is 3. The second kappa shape index (κ2) is 15.3. The topological polar surface area (TPSA) is 49.7 Å². The number of alkyl halides is 3. The number of unbranched alkanes of at least 4 members (excludes halogenated alkanes) is 5. The number of aryl methyl sites for hydroxylation is 1. The number of esters is 1. The first kappa shape index (κ1) is 33.3. The molecule has 3 rings (SSSR count). The third kappa shape index (κ3) is 9.65. The Balaban J connectivity index is 1.52. The first-order chi connectivity index (χ1) is 19.4. The van der Waals surface area contributed by atoms with Gasteiger partial charge in [0.1, 0.15) is 17.7 Å². The van der Waals surface area contributed by atoms with Crippen LogP contribution in [0.5, 0.6) is 11.5 Å². The van der Waals surface area contributed by atoms with Crippen LogP contribution in [0.25, 0.3) is 10.9 Å². The zero-order valence-corrected chi connectivity index (χ0v) is 25.7. The van der Waals surface area contributed by atoms with Crippen LogP contribution in [0, 0.1) is 10.1 Å². The molecule has 227 valence electrons. The molecule has 2 aromatic rings. The van der Waals surface area contributed by atoms with E-state index >= 15 is 0 Å². The van der Waals surface area contributed by atoms with E-state index in [1.165, 1.54) is 0 Å². The van der Waals surface area contributed by atoms with Gasteiger partial charge in [-0.2, -0.15) is 0 Å². The third-order valence-electron chi connectivity index (χ3n) is 7.90. The monoisotopic (exact) mass is 594 g/mol. The molecule has 1 aliphatic carbocycles. The van der Waals surface area contributed by atoms with E-state index in [-0.39, 0.29) is 22.3 Å². The summed E-state index contributed by atoms with van der Waals surface area (Å²) in [5.41, 5.74) is 0.858. The minimum Gasteiger partial charge on any atom is -0.494 e. The molecule has 1 aromatic carbocycles. The van der Waals surface area contributed by atoms with Crippen LogP contribution in [0.4, 0.5) is 13.2 Å². The van der Waals surface area contributed by atoms with E-state index in [1.807, 2.05) is 46.1 Å². The molecule has 10 heteroatoms. The highest BCUT2D eigenvalue weighted by Gasteiger charge is 2.35. The van der Waals surface area contributed by atoms with Crippen LogP contribution in [-0.4, -0.2) is 37.4 Å². The number of carbonyl (C=O) groups excluding carboxylic acids is 1. The van der Waals surface area contributed by atoms with Crippen LogP contribution in [0.2, 0.25) is 13.1 Å². The van der Waals surface area contributed by atoms with Crippen molar-refractivity contribution in [3.63, 3.8) is 0 Å². The maximum absolute atomic E-state index is 13.3. The summed E-state index contributed by atoms with van der Waals surface area (Å²) in [5, 5.41) is 0.734. The number of ether oxygens (including phenoxy) is 3. The first-order valence-electron chi connectivity index (χ1n) is 14.9. The zero-order chi connectivity index (χ0) is 30.0. The fraction of sp³-hybridized carbons (Fsp3) is 0.677. The van der Waals surface area contributed by atoms with Crippen molar-refractivity contribution in [2.75, 3.05) is 13.2 Å². The Morgan fingerprint density at radius 2 is 1.66 bits per heavy atom. The summed E-state index contributed by atoms with van der Waals surface area (Å²) in [5.74, 6) is 0.281. The Morgan fingerprint density at radius 3 is 2.29 bits per heavy atom. The quantitative estimate of drug-likeness (QED) is 0.0890. The van der Waals surface area contributed by atoms with E-state index in [0.717, 1.165) is 81.5 Å². The Hall–Kier alpha value is -2.23. The van der Waals surface area contributed by atoms with Gasteiger partial charge in [0.15, 0.2) is 5.75 Å². The number of nitrogens with zero attached hydrogens (tertiary/aromatic N) is 1. The molecule has 0 amide bonds. The molecule has 0 atom stereocenters. The van der Waals surface area contributed by atoms with Crippen molar-refractivity contribution in [3.05, 3.63) is 28.4 Å². The predicted molar refractivity (Wildman–Crippen MR) is 161 cm³/mol. The number of pyridine rings is 1. The van der Waals surface area contributed by atoms with E-state index in [2.05, 4.69) is 4.74 Å². The van der Waals surface area contributed by atoms with Crippen LogP contribution in [0.1, 0.15) is 96.0 Å². The molecule has 0 unspecified atom stereocenters. The summed E-state index contributed by atoms with van der Waals surface area (Å²) >= 11 is 5.47. The van der Waals surface area contributed by atoms with Gasteiger partial charge in [0.05, 0.1) is 24.1 Å². The highest BCUT2D eigenvalue weighted by atomic mass is 32.1. The standard InChI is InChI=1S/C31H44BF3NO4S/c1-30(2,21-32-3)29(37)39-19-13-8-6-5-7-12-18-38-23-16-17-24-25(20-23)36(4)28(41)27(40-31(33,34)35)26(24)22-14-10-9-11-15-22/h16-17,20,22H,5-15,18-19,21H2,1-4H3. The summed E-state index contributed by atoms with van der Waals surface area (Å²) in [6.07, 6.45) is 6.57. The van der Waals surface area contributed by atoms with Crippen molar-refractivity contribution >= 4 is 36.4 Å². The molecule has 0 aliphatic heterocycles. The molecule has 1 radical (unpaired) electrons. The lowest BCUT2D eigenvalue weighted by atomic mass is 9.66. The van der Waals surface area contributed by atoms with E-state index in [9.17, 15) is 18.0 Å². The third-order valence-corrected chi connectivity index (χ3v) is 8.36. The summed E-state index contributed by atoms with van der Waals surface area (Å²) < 4.78 is 57.6. The van der Waals surface area contributed by atoms with E-state index in [1.54, 1.807) is 11.6 Å². The van der Waals surface area contributed by atoms with E-state index in [4.69, 9.17) is 21.7 Å². The summed E-state index contributed by atoms with van der Waals surface area (Å²) in [6, 6.07) is 5.55. The summed E-state index contributed by atoms with van der Waals surface area (Å²) in [7, 11) is 3.66.